The molecule has 0 aliphatic carbocycles. The maximum Gasteiger partial charge on any atom is 0.273 e. The van der Waals surface area contributed by atoms with Gasteiger partial charge in [0.15, 0.2) is 0 Å². The number of aromatic nitrogens is 1. The van der Waals surface area contributed by atoms with E-state index >= 15 is 0 Å². The highest BCUT2D eigenvalue weighted by atomic mass is 32.1. The molecule has 6 nitrogen and oxygen atoms in total. The monoisotopic (exact) mass is 399 g/mol. The average Bonchev–Trinajstić information content (AvgIpc) is 3.35. The van der Waals surface area contributed by atoms with Gasteiger partial charge in [0.05, 0.1) is 19.1 Å². The summed E-state index contributed by atoms with van der Waals surface area (Å²) in [5, 5.41) is 2.68. The molecule has 1 aromatic carbocycles. The summed E-state index contributed by atoms with van der Waals surface area (Å²) in [5.74, 6) is 0.0653. The number of aryl methyl sites for hydroxylation is 1. The van der Waals surface area contributed by atoms with E-state index in [9.17, 15) is 9.59 Å². The topological polar surface area (TPSA) is 62.7 Å². The normalized spacial score (nSPS) is 22.5. The van der Waals surface area contributed by atoms with Crippen LogP contribution in [0, 0.1) is 18.8 Å². The zero-order chi connectivity index (χ0) is 19.7. The van der Waals surface area contributed by atoms with Crippen LogP contribution in [0.5, 0.6) is 0 Å². The fourth-order valence-electron chi connectivity index (χ4n) is 3.94. The van der Waals surface area contributed by atoms with Gasteiger partial charge in [0.1, 0.15) is 10.7 Å². The van der Waals surface area contributed by atoms with E-state index < -0.39 is 0 Å². The molecular formula is C21H25N3O3S. The number of benzene rings is 1. The third-order valence-corrected chi connectivity index (χ3v) is 6.51. The van der Waals surface area contributed by atoms with E-state index in [0.29, 0.717) is 45.1 Å². The molecule has 0 radical (unpaired) electrons. The number of thiazole rings is 1. The maximum atomic E-state index is 13.0. The molecule has 2 aliphatic heterocycles. The molecule has 3 heterocycles. The predicted octanol–water partition coefficient (Wildman–Crippen LogP) is 2.69. The van der Waals surface area contributed by atoms with E-state index in [1.54, 1.807) is 4.90 Å². The summed E-state index contributed by atoms with van der Waals surface area (Å²) in [6.45, 7) is 7.62. The van der Waals surface area contributed by atoms with Crippen molar-refractivity contribution in [2.24, 2.45) is 11.8 Å². The molecule has 4 rings (SSSR count). The van der Waals surface area contributed by atoms with Crippen molar-refractivity contribution in [1.82, 2.24) is 14.8 Å². The van der Waals surface area contributed by atoms with Crippen LogP contribution in [0.3, 0.4) is 0 Å². The van der Waals surface area contributed by atoms with Crippen molar-refractivity contribution in [1.29, 1.82) is 0 Å². The molecule has 2 aliphatic rings. The summed E-state index contributed by atoms with van der Waals surface area (Å²) in [4.78, 5) is 34.1. The molecule has 2 fully saturated rings. The van der Waals surface area contributed by atoms with Crippen LogP contribution in [0.25, 0.3) is 10.6 Å². The number of morpholine rings is 1. The van der Waals surface area contributed by atoms with E-state index in [0.717, 1.165) is 16.1 Å². The largest absolute Gasteiger partial charge is 0.378 e. The van der Waals surface area contributed by atoms with Crippen LogP contribution in [0.2, 0.25) is 0 Å². The van der Waals surface area contributed by atoms with Crippen LogP contribution in [0.4, 0.5) is 0 Å². The third-order valence-electron chi connectivity index (χ3n) is 5.64. The number of hydrogen-bond donors (Lipinski definition) is 0. The van der Waals surface area contributed by atoms with Crippen LogP contribution in [0.1, 0.15) is 23.0 Å². The second-order valence-corrected chi connectivity index (χ2v) is 8.44. The molecule has 2 saturated heterocycles. The van der Waals surface area contributed by atoms with Gasteiger partial charge in [-0.2, -0.15) is 0 Å². The molecule has 2 aromatic rings. The van der Waals surface area contributed by atoms with Gasteiger partial charge in [-0.3, -0.25) is 9.59 Å². The minimum absolute atomic E-state index is 0.0831. The Kier molecular flexibility index (Phi) is 5.46. The molecule has 2 atom stereocenters. The Morgan fingerprint density at radius 1 is 1.14 bits per heavy atom. The first-order valence-corrected chi connectivity index (χ1v) is 10.6. The number of rotatable bonds is 3. The Hall–Kier alpha value is -2.25. The molecule has 2 amide bonds. The standard InChI is InChI=1S/C21H25N3O3S/c1-14-5-3-4-6-16(14)19-22-18(13-28-19)21(26)24-11-15(2)17(12-24)20(25)23-7-9-27-10-8-23/h3-6,13,15,17H,7-12H2,1-2H3/t15-,17-/m1/s1. The smallest absolute Gasteiger partial charge is 0.273 e. The lowest BCUT2D eigenvalue weighted by Gasteiger charge is -2.30. The predicted molar refractivity (Wildman–Crippen MR) is 108 cm³/mol. The van der Waals surface area contributed by atoms with Gasteiger partial charge >= 0.3 is 0 Å². The lowest BCUT2D eigenvalue weighted by atomic mass is 9.96. The van der Waals surface area contributed by atoms with Gasteiger partial charge in [-0.15, -0.1) is 11.3 Å². The Bertz CT molecular complexity index is 875. The molecule has 0 unspecified atom stereocenters. The molecule has 0 bridgehead atoms. The number of hydrogen-bond acceptors (Lipinski definition) is 5. The molecule has 28 heavy (non-hydrogen) atoms. The molecule has 1 aromatic heterocycles. The van der Waals surface area contributed by atoms with Gasteiger partial charge in [-0.05, 0) is 18.4 Å². The summed E-state index contributed by atoms with van der Waals surface area (Å²) in [5.41, 5.74) is 2.67. The van der Waals surface area contributed by atoms with Gasteiger partial charge in [0.2, 0.25) is 5.91 Å². The first kappa shape index (κ1) is 19.1. The van der Waals surface area contributed by atoms with E-state index in [2.05, 4.69) is 11.9 Å². The maximum absolute atomic E-state index is 13.0. The number of amides is 2. The number of carbonyl (C=O) groups is 2. The first-order valence-electron chi connectivity index (χ1n) is 9.72. The molecule has 0 saturated carbocycles. The van der Waals surface area contributed by atoms with Crippen molar-refractivity contribution >= 4 is 23.2 Å². The molecule has 0 spiro atoms. The number of ether oxygens (including phenoxy) is 1. The molecule has 7 heteroatoms. The highest BCUT2D eigenvalue weighted by molar-refractivity contribution is 7.13. The van der Waals surface area contributed by atoms with Crippen molar-refractivity contribution in [3.05, 3.63) is 40.9 Å². The van der Waals surface area contributed by atoms with Crippen LogP contribution >= 0.6 is 11.3 Å². The molecular weight excluding hydrogens is 374 g/mol. The van der Waals surface area contributed by atoms with Crippen molar-refractivity contribution in [3.63, 3.8) is 0 Å². The minimum Gasteiger partial charge on any atom is -0.378 e. The first-order chi connectivity index (χ1) is 13.5. The fraction of sp³-hybridized carbons (Fsp3) is 0.476. The lowest BCUT2D eigenvalue weighted by Crippen LogP contribution is -2.45. The third kappa shape index (κ3) is 3.69. The Morgan fingerprint density at radius 2 is 1.89 bits per heavy atom. The van der Waals surface area contributed by atoms with Gasteiger partial charge in [-0.1, -0.05) is 31.2 Å². The average molecular weight is 400 g/mol. The lowest BCUT2D eigenvalue weighted by molar-refractivity contribution is -0.140. The van der Waals surface area contributed by atoms with Crippen molar-refractivity contribution < 1.29 is 14.3 Å². The van der Waals surface area contributed by atoms with Gasteiger partial charge < -0.3 is 14.5 Å². The highest BCUT2D eigenvalue weighted by Gasteiger charge is 2.39. The molecule has 0 N–H and O–H groups in total. The van der Waals surface area contributed by atoms with E-state index in [4.69, 9.17) is 4.74 Å². The van der Waals surface area contributed by atoms with Crippen LogP contribution < -0.4 is 0 Å². The van der Waals surface area contributed by atoms with Gasteiger partial charge in [0.25, 0.3) is 5.91 Å². The van der Waals surface area contributed by atoms with Crippen molar-refractivity contribution in [3.8, 4) is 10.6 Å². The summed E-state index contributed by atoms with van der Waals surface area (Å²) < 4.78 is 5.34. The fourth-order valence-corrected chi connectivity index (χ4v) is 4.83. The summed E-state index contributed by atoms with van der Waals surface area (Å²) >= 11 is 1.49. The Labute approximate surface area is 169 Å². The number of nitrogens with zero attached hydrogens (tertiary/aromatic N) is 3. The van der Waals surface area contributed by atoms with Crippen molar-refractivity contribution in [2.75, 3.05) is 39.4 Å². The van der Waals surface area contributed by atoms with E-state index in [1.165, 1.54) is 11.3 Å². The highest BCUT2D eigenvalue weighted by Crippen LogP contribution is 2.30. The Balaban J connectivity index is 1.46. The quantitative estimate of drug-likeness (QED) is 0.796. The second-order valence-electron chi connectivity index (χ2n) is 7.58. The Morgan fingerprint density at radius 3 is 2.64 bits per heavy atom. The number of carbonyl (C=O) groups excluding carboxylic acids is 2. The summed E-state index contributed by atoms with van der Waals surface area (Å²) in [7, 11) is 0. The zero-order valence-corrected chi connectivity index (χ0v) is 17.1. The number of likely N-dealkylation sites (tertiary alicyclic amines) is 1. The van der Waals surface area contributed by atoms with Gasteiger partial charge in [0, 0.05) is 37.1 Å². The summed E-state index contributed by atoms with van der Waals surface area (Å²) in [6, 6.07) is 8.05. The van der Waals surface area contributed by atoms with E-state index in [-0.39, 0.29) is 23.7 Å². The van der Waals surface area contributed by atoms with Crippen LogP contribution in [-0.2, 0) is 9.53 Å². The van der Waals surface area contributed by atoms with Crippen LogP contribution in [0.15, 0.2) is 29.6 Å². The summed E-state index contributed by atoms with van der Waals surface area (Å²) in [6.07, 6.45) is 0. The SMILES string of the molecule is Cc1ccccc1-c1nc(C(=O)N2C[C@@H](C)[C@H](C(=O)N3CCOCC3)C2)cs1. The molecule has 148 valence electrons. The zero-order valence-electron chi connectivity index (χ0n) is 16.3. The van der Waals surface area contributed by atoms with Crippen molar-refractivity contribution in [2.45, 2.75) is 13.8 Å². The van der Waals surface area contributed by atoms with E-state index in [1.807, 2.05) is 41.5 Å². The van der Waals surface area contributed by atoms with Gasteiger partial charge in [-0.25, -0.2) is 4.98 Å². The second kappa shape index (κ2) is 8.01. The minimum atomic E-state index is -0.142. The van der Waals surface area contributed by atoms with Crippen LogP contribution in [-0.4, -0.2) is 66.0 Å².